The van der Waals surface area contributed by atoms with Crippen molar-refractivity contribution in [2.45, 2.75) is 36.6 Å². The quantitative estimate of drug-likeness (QED) is 0.710. The zero-order chi connectivity index (χ0) is 20.1. The third-order valence-corrected chi connectivity index (χ3v) is 9.52. The number of rotatable bonds is 4. The van der Waals surface area contributed by atoms with Crippen LogP contribution in [0, 0.1) is 5.92 Å². The van der Waals surface area contributed by atoms with E-state index in [2.05, 4.69) is 0 Å². The van der Waals surface area contributed by atoms with E-state index in [1.54, 1.807) is 0 Å². The fraction of sp³-hybridized carbons (Fsp3) is 0.611. The summed E-state index contributed by atoms with van der Waals surface area (Å²) in [4.78, 5) is 14.2. The number of carbonyl (C=O) groups excluding carboxylic acids is 1. The minimum absolute atomic E-state index is 0.00596. The lowest BCUT2D eigenvalue weighted by Crippen LogP contribution is -2.37. The Balaban J connectivity index is 1.75. The average Bonchev–Trinajstić information content (AvgIpc) is 3.11. The first-order chi connectivity index (χ1) is 13.2. The summed E-state index contributed by atoms with van der Waals surface area (Å²) in [6.07, 6.45) is 2.82. The number of carbonyl (C=O) groups is 1. The van der Waals surface area contributed by atoms with Gasteiger partial charge in [-0.2, -0.15) is 4.31 Å². The summed E-state index contributed by atoms with van der Waals surface area (Å²) >= 11 is 0. The van der Waals surface area contributed by atoms with Gasteiger partial charge >= 0.3 is 0 Å². The molecule has 2 atom stereocenters. The molecule has 10 heteroatoms. The Morgan fingerprint density at radius 1 is 1.11 bits per heavy atom. The predicted octanol–water partition coefficient (Wildman–Crippen LogP) is 1.02. The molecule has 0 spiro atoms. The average molecular weight is 429 g/mol. The minimum atomic E-state index is -3.68. The fourth-order valence-corrected chi connectivity index (χ4v) is 8.08. The van der Waals surface area contributed by atoms with Gasteiger partial charge in [-0.25, -0.2) is 16.8 Å². The SMILES string of the molecule is COc1ccc(S(=O)(=O)N2CCCCC2)cc1N1C(=O)C[C@@H]2CS(=O)(=O)C[C@H]21. The third kappa shape index (κ3) is 3.31. The van der Waals surface area contributed by atoms with E-state index >= 15 is 0 Å². The maximum absolute atomic E-state index is 13.1. The molecule has 28 heavy (non-hydrogen) atoms. The summed E-state index contributed by atoms with van der Waals surface area (Å²) in [6.45, 7) is 0.963. The predicted molar refractivity (Wildman–Crippen MR) is 104 cm³/mol. The molecule has 0 bridgehead atoms. The molecular formula is C18H24N2O6S2. The van der Waals surface area contributed by atoms with E-state index in [0.29, 0.717) is 24.5 Å². The maximum atomic E-state index is 13.1. The van der Waals surface area contributed by atoms with E-state index in [1.165, 1.54) is 34.5 Å². The van der Waals surface area contributed by atoms with Crippen molar-refractivity contribution in [3.8, 4) is 5.75 Å². The molecule has 3 heterocycles. The molecule has 0 aromatic heterocycles. The van der Waals surface area contributed by atoms with Crippen LogP contribution in [-0.2, 0) is 24.7 Å². The standard InChI is InChI=1S/C18H24N2O6S2/c1-26-17-6-5-14(28(24,25)19-7-3-2-4-8-19)10-15(17)20-16-12-27(22,23)11-13(16)9-18(20)21/h5-6,10,13,16H,2-4,7-9,11-12H2,1H3/t13-,16-/m1/s1. The molecule has 0 unspecified atom stereocenters. The number of nitrogens with zero attached hydrogens (tertiary/aromatic N) is 2. The van der Waals surface area contributed by atoms with Crippen molar-refractivity contribution < 1.29 is 26.4 Å². The Morgan fingerprint density at radius 2 is 1.82 bits per heavy atom. The molecule has 154 valence electrons. The maximum Gasteiger partial charge on any atom is 0.243 e. The van der Waals surface area contributed by atoms with E-state index in [9.17, 15) is 21.6 Å². The second-order valence-corrected chi connectivity index (χ2v) is 11.8. The highest BCUT2D eigenvalue weighted by Crippen LogP contribution is 2.42. The summed E-state index contributed by atoms with van der Waals surface area (Å²) < 4.78 is 57.0. The number of hydrogen-bond acceptors (Lipinski definition) is 6. The molecule has 1 aromatic rings. The number of benzene rings is 1. The highest BCUT2D eigenvalue weighted by molar-refractivity contribution is 7.91. The number of sulfonamides is 1. The van der Waals surface area contributed by atoms with Crippen molar-refractivity contribution in [1.29, 1.82) is 0 Å². The van der Waals surface area contributed by atoms with Crippen LogP contribution in [0.15, 0.2) is 23.1 Å². The normalized spacial score (nSPS) is 27.8. The van der Waals surface area contributed by atoms with Crippen LogP contribution in [0.25, 0.3) is 0 Å². The molecule has 1 amide bonds. The Hall–Kier alpha value is -1.65. The summed E-state index contributed by atoms with van der Waals surface area (Å²) in [5.41, 5.74) is 0.329. The van der Waals surface area contributed by atoms with Gasteiger partial charge in [-0.05, 0) is 31.0 Å². The van der Waals surface area contributed by atoms with E-state index in [4.69, 9.17) is 4.74 Å². The van der Waals surface area contributed by atoms with Gasteiger partial charge in [-0.1, -0.05) is 6.42 Å². The number of hydrogen-bond donors (Lipinski definition) is 0. The van der Waals surface area contributed by atoms with Crippen molar-refractivity contribution in [2.75, 3.05) is 36.6 Å². The monoisotopic (exact) mass is 428 g/mol. The van der Waals surface area contributed by atoms with Gasteiger partial charge < -0.3 is 9.64 Å². The molecule has 3 saturated heterocycles. The van der Waals surface area contributed by atoms with Crippen molar-refractivity contribution in [1.82, 2.24) is 4.31 Å². The number of sulfone groups is 1. The summed E-state index contributed by atoms with van der Waals surface area (Å²) in [7, 11) is -5.44. The molecule has 3 aliphatic heterocycles. The molecule has 0 aliphatic carbocycles. The van der Waals surface area contributed by atoms with Crippen LogP contribution >= 0.6 is 0 Å². The number of ether oxygens (including phenoxy) is 1. The first-order valence-corrected chi connectivity index (χ1v) is 12.7. The van der Waals surface area contributed by atoms with Crippen LogP contribution in [0.1, 0.15) is 25.7 Å². The van der Waals surface area contributed by atoms with E-state index in [1.807, 2.05) is 0 Å². The first-order valence-electron chi connectivity index (χ1n) is 9.43. The number of anilines is 1. The largest absolute Gasteiger partial charge is 0.495 e. The summed E-state index contributed by atoms with van der Waals surface area (Å²) in [6, 6.07) is 4.00. The summed E-state index contributed by atoms with van der Waals surface area (Å²) in [5.74, 6) is -0.208. The Bertz CT molecular complexity index is 999. The molecule has 3 fully saturated rings. The minimum Gasteiger partial charge on any atom is -0.495 e. The van der Waals surface area contributed by atoms with E-state index in [0.717, 1.165) is 19.3 Å². The second kappa shape index (κ2) is 7.00. The van der Waals surface area contributed by atoms with Gasteiger partial charge in [0.25, 0.3) is 0 Å². The zero-order valence-electron chi connectivity index (χ0n) is 15.7. The second-order valence-electron chi connectivity index (χ2n) is 7.67. The van der Waals surface area contributed by atoms with Crippen LogP contribution in [-0.4, -0.2) is 64.8 Å². The smallest absolute Gasteiger partial charge is 0.243 e. The molecule has 0 radical (unpaired) electrons. The number of amides is 1. The molecule has 0 saturated carbocycles. The van der Waals surface area contributed by atoms with Crippen LogP contribution in [0.4, 0.5) is 5.69 Å². The highest BCUT2D eigenvalue weighted by atomic mass is 32.2. The van der Waals surface area contributed by atoms with Crippen molar-refractivity contribution in [3.63, 3.8) is 0 Å². The van der Waals surface area contributed by atoms with Crippen molar-refractivity contribution >= 4 is 31.5 Å². The Kier molecular flexibility index (Phi) is 4.91. The van der Waals surface area contributed by atoms with Crippen LogP contribution in [0.2, 0.25) is 0 Å². The van der Waals surface area contributed by atoms with Gasteiger partial charge in [0, 0.05) is 25.4 Å². The van der Waals surface area contributed by atoms with Gasteiger partial charge in [0.05, 0.1) is 35.2 Å². The fourth-order valence-electron chi connectivity index (χ4n) is 4.48. The van der Waals surface area contributed by atoms with Gasteiger partial charge in [0.1, 0.15) is 5.75 Å². The molecular weight excluding hydrogens is 404 g/mol. The summed E-state index contributed by atoms with van der Waals surface area (Å²) in [5, 5.41) is 0. The zero-order valence-corrected chi connectivity index (χ0v) is 17.3. The van der Waals surface area contributed by atoms with Gasteiger partial charge in [0.15, 0.2) is 9.84 Å². The Labute approximate surface area is 165 Å². The molecule has 0 N–H and O–H groups in total. The third-order valence-electron chi connectivity index (χ3n) is 5.84. The van der Waals surface area contributed by atoms with E-state index in [-0.39, 0.29) is 34.6 Å². The highest BCUT2D eigenvalue weighted by Gasteiger charge is 2.50. The van der Waals surface area contributed by atoms with Gasteiger partial charge in [0.2, 0.25) is 15.9 Å². The van der Waals surface area contributed by atoms with Crippen LogP contribution < -0.4 is 9.64 Å². The number of piperidine rings is 1. The molecule has 8 nitrogen and oxygen atoms in total. The van der Waals surface area contributed by atoms with Crippen LogP contribution in [0.5, 0.6) is 5.75 Å². The molecule has 3 aliphatic rings. The van der Waals surface area contributed by atoms with E-state index < -0.39 is 25.9 Å². The lowest BCUT2D eigenvalue weighted by atomic mass is 10.0. The van der Waals surface area contributed by atoms with Crippen molar-refractivity contribution in [2.24, 2.45) is 5.92 Å². The molecule has 4 rings (SSSR count). The number of fused-ring (bicyclic) bond motifs is 1. The first kappa shape index (κ1) is 19.7. The number of methoxy groups -OCH3 is 1. The van der Waals surface area contributed by atoms with Crippen molar-refractivity contribution in [3.05, 3.63) is 18.2 Å². The topological polar surface area (TPSA) is 101 Å². The molecule has 1 aromatic carbocycles. The van der Waals surface area contributed by atoms with Gasteiger partial charge in [-0.15, -0.1) is 0 Å². The lowest BCUT2D eigenvalue weighted by Gasteiger charge is -2.28. The van der Waals surface area contributed by atoms with Crippen LogP contribution in [0.3, 0.4) is 0 Å². The van der Waals surface area contributed by atoms with Gasteiger partial charge in [-0.3, -0.25) is 4.79 Å². The Morgan fingerprint density at radius 3 is 2.50 bits per heavy atom. The lowest BCUT2D eigenvalue weighted by molar-refractivity contribution is -0.117.